The molecule has 1 aromatic carbocycles. The Bertz CT molecular complexity index is 1230. The minimum absolute atomic E-state index is 0.0696. The molecule has 1 N–H and O–H groups in total. The third-order valence-electron chi connectivity index (χ3n) is 7.29. The number of nitrogens with one attached hydrogen (secondary N) is 1. The van der Waals surface area contributed by atoms with E-state index < -0.39 is 0 Å². The number of anilines is 1. The zero-order chi connectivity index (χ0) is 26.0. The highest BCUT2D eigenvalue weighted by atomic mass is 16.5. The van der Waals surface area contributed by atoms with Gasteiger partial charge in [-0.1, -0.05) is 0 Å². The number of methoxy groups -OCH3 is 2. The molecule has 0 unspecified atom stereocenters. The summed E-state index contributed by atoms with van der Waals surface area (Å²) in [5.41, 5.74) is 5.15. The van der Waals surface area contributed by atoms with E-state index in [1.54, 1.807) is 14.2 Å². The van der Waals surface area contributed by atoms with E-state index in [9.17, 15) is 4.79 Å². The van der Waals surface area contributed by atoms with Gasteiger partial charge in [-0.05, 0) is 69.4 Å². The molecule has 2 aromatic heterocycles. The Morgan fingerprint density at radius 2 is 1.92 bits per heavy atom. The lowest BCUT2D eigenvalue weighted by atomic mass is 9.85. The number of aromatic nitrogens is 3. The number of hydrogen-bond donors (Lipinski definition) is 1. The highest BCUT2D eigenvalue weighted by Gasteiger charge is 2.32. The summed E-state index contributed by atoms with van der Waals surface area (Å²) in [6.45, 7) is 6.83. The van der Waals surface area contributed by atoms with Crippen LogP contribution in [0.25, 0.3) is 11.1 Å². The number of nitrogens with zero attached hydrogens (tertiary/aromatic N) is 4. The summed E-state index contributed by atoms with van der Waals surface area (Å²) in [5.74, 6) is 2.07. The van der Waals surface area contributed by atoms with Gasteiger partial charge in [0.1, 0.15) is 17.3 Å². The molecule has 36 heavy (non-hydrogen) atoms. The highest BCUT2D eigenvalue weighted by molar-refractivity contribution is 5.83. The molecule has 0 bridgehead atoms. The van der Waals surface area contributed by atoms with E-state index in [0.717, 1.165) is 47.5 Å². The first-order valence-electron chi connectivity index (χ1n) is 12.4. The molecular weight excluding hydrogens is 454 g/mol. The van der Waals surface area contributed by atoms with E-state index in [0.29, 0.717) is 18.0 Å². The second-order valence-corrected chi connectivity index (χ2v) is 10.1. The fourth-order valence-electron chi connectivity index (χ4n) is 4.82. The molecule has 4 rings (SSSR count). The number of carbonyl (C=O) groups is 1. The van der Waals surface area contributed by atoms with Crippen molar-refractivity contribution in [1.82, 2.24) is 19.7 Å². The van der Waals surface area contributed by atoms with Gasteiger partial charge in [-0.3, -0.25) is 9.48 Å². The van der Waals surface area contributed by atoms with Crippen LogP contribution < -0.4 is 14.8 Å². The van der Waals surface area contributed by atoms with Crippen LogP contribution in [0.5, 0.6) is 11.5 Å². The number of pyridine rings is 1. The Hall–Kier alpha value is -3.55. The average Bonchev–Trinajstić information content (AvgIpc) is 3.31. The maximum Gasteiger partial charge on any atom is 0.229 e. The summed E-state index contributed by atoms with van der Waals surface area (Å²) in [7, 11) is 7.03. The maximum atomic E-state index is 13.2. The molecule has 0 saturated carbocycles. The quantitative estimate of drug-likeness (QED) is 0.497. The second-order valence-electron chi connectivity index (χ2n) is 10.1. The number of likely N-dealkylation sites (N-methyl/N-ethyl adjacent to an activating group) is 1. The third-order valence-corrected chi connectivity index (χ3v) is 7.29. The monoisotopic (exact) mass is 491 g/mol. The van der Waals surface area contributed by atoms with Gasteiger partial charge in [0.25, 0.3) is 0 Å². The third kappa shape index (κ3) is 5.32. The van der Waals surface area contributed by atoms with Crippen molar-refractivity contribution in [3.63, 3.8) is 0 Å². The Labute approximate surface area is 213 Å². The Morgan fingerprint density at radius 1 is 1.22 bits per heavy atom. The molecule has 3 aromatic rings. The predicted molar refractivity (Wildman–Crippen MR) is 142 cm³/mol. The lowest BCUT2D eigenvalue weighted by molar-refractivity contribution is -0.131. The van der Waals surface area contributed by atoms with Crippen LogP contribution in [0.2, 0.25) is 0 Å². The zero-order valence-corrected chi connectivity index (χ0v) is 22.4. The summed E-state index contributed by atoms with van der Waals surface area (Å²) in [6, 6.07) is 7.84. The molecule has 1 aliphatic rings. The van der Waals surface area contributed by atoms with Gasteiger partial charge in [0.15, 0.2) is 0 Å². The first-order valence-corrected chi connectivity index (χ1v) is 12.4. The summed E-state index contributed by atoms with van der Waals surface area (Å²) < 4.78 is 12.6. The Kier molecular flexibility index (Phi) is 7.24. The van der Waals surface area contributed by atoms with Crippen LogP contribution in [0.15, 0.2) is 36.7 Å². The first-order chi connectivity index (χ1) is 17.1. The van der Waals surface area contributed by atoms with Crippen LogP contribution in [-0.4, -0.2) is 58.9 Å². The maximum absolute atomic E-state index is 13.2. The summed E-state index contributed by atoms with van der Waals surface area (Å²) >= 11 is 0. The van der Waals surface area contributed by atoms with Gasteiger partial charge in [-0.2, -0.15) is 5.10 Å². The number of amides is 1. The number of rotatable bonds is 8. The topological polar surface area (TPSA) is 81.5 Å². The highest BCUT2D eigenvalue weighted by Crippen LogP contribution is 2.35. The molecule has 0 aliphatic carbocycles. The van der Waals surface area contributed by atoms with Gasteiger partial charge < -0.3 is 19.7 Å². The first kappa shape index (κ1) is 25.5. The molecule has 1 amide bonds. The van der Waals surface area contributed by atoms with Crippen molar-refractivity contribution in [2.24, 2.45) is 7.05 Å². The van der Waals surface area contributed by atoms with Crippen molar-refractivity contribution in [3.05, 3.63) is 53.5 Å². The van der Waals surface area contributed by atoms with Crippen LogP contribution >= 0.6 is 0 Å². The van der Waals surface area contributed by atoms with Crippen molar-refractivity contribution in [2.75, 3.05) is 33.1 Å². The number of fused-ring (bicyclic) bond motifs is 1. The molecule has 3 heterocycles. The van der Waals surface area contributed by atoms with E-state index in [1.807, 2.05) is 68.1 Å². The standard InChI is InChI=1S/C28H37N5O3/c1-18(21-12-23(35-6)15-24(13-21)36-7)27(34)32(4)11-10-28(3)9-8-20-14-25(19(2)30-26(20)31-28)22-16-29-33(5)17-22/h12-18H,8-11H2,1-7H3,(H,30,31)/t18-,28-/m1/s1. The molecule has 0 fully saturated rings. The van der Waals surface area contributed by atoms with Crippen molar-refractivity contribution in [2.45, 2.75) is 51.5 Å². The van der Waals surface area contributed by atoms with Gasteiger partial charge in [0.2, 0.25) is 5.91 Å². The minimum Gasteiger partial charge on any atom is -0.497 e. The zero-order valence-electron chi connectivity index (χ0n) is 22.4. The van der Waals surface area contributed by atoms with Gasteiger partial charge in [0, 0.05) is 55.3 Å². The number of benzene rings is 1. The van der Waals surface area contributed by atoms with Crippen molar-refractivity contribution < 1.29 is 14.3 Å². The summed E-state index contributed by atoms with van der Waals surface area (Å²) in [5, 5.41) is 7.98. The average molecular weight is 492 g/mol. The number of hydrogen-bond acceptors (Lipinski definition) is 6. The molecule has 0 spiro atoms. The van der Waals surface area contributed by atoms with E-state index in [4.69, 9.17) is 14.5 Å². The largest absolute Gasteiger partial charge is 0.497 e. The fourth-order valence-corrected chi connectivity index (χ4v) is 4.82. The van der Waals surface area contributed by atoms with Crippen molar-refractivity contribution in [3.8, 4) is 22.6 Å². The van der Waals surface area contributed by atoms with E-state index in [1.165, 1.54) is 5.56 Å². The molecule has 8 heteroatoms. The van der Waals surface area contributed by atoms with Gasteiger partial charge in [0.05, 0.1) is 26.3 Å². The number of carbonyl (C=O) groups excluding carboxylic acids is 1. The Balaban J connectivity index is 1.42. The number of ether oxygens (including phenoxy) is 2. The van der Waals surface area contributed by atoms with Crippen LogP contribution in [0.1, 0.15) is 49.4 Å². The number of aryl methyl sites for hydroxylation is 3. The van der Waals surface area contributed by atoms with Crippen LogP contribution in [0, 0.1) is 6.92 Å². The summed E-state index contributed by atoms with van der Waals surface area (Å²) in [6.07, 6.45) is 6.64. The van der Waals surface area contributed by atoms with E-state index in [-0.39, 0.29) is 17.4 Å². The SMILES string of the molecule is COc1cc(OC)cc([C@@H](C)C(=O)N(C)CC[C@@]2(C)CCc3cc(-c4cnn(C)c4)c(C)nc3N2)c1. The molecule has 0 radical (unpaired) electrons. The second kappa shape index (κ2) is 10.2. The van der Waals surface area contributed by atoms with Crippen LogP contribution in [0.3, 0.4) is 0 Å². The van der Waals surface area contributed by atoms with E-state index in [2.05, 4.69) is 23.4 Å². The lowest BCUT2D eigenvalue weighted by Gasteiger charge is -2.38. The van der Waals surface area contributed by atoms with Crippen molar-refractivity contribution >= 4 is 11.7 Å². The van der Waals surface area contributed by atoms with Crippen LogP contribution in [-0.2, 0) is 18.3 Å². The normalized spacial score (nSPS) is 17.6. The minimum atomic E-state index is -0.304. The molecule has 8 nitrogen and oxygen atoms in total. The molecule has 1 aliphatic heterocycles. The molecule has 192 valence electrons. The predicted octanol–water partition coefficient (Wildman–Crippen LogP) is 4.58. The van der Waals surface area contributed by atoms with Gasteiger partial charge in [-0.15, -0.1) is 0 Å². The lowest BCUT2D eigenvalue weighted by Crippen LogP contribution is -2.43. The molecule has 0 saturated heterocycles. The smallest absolute Gasteiger partial charge is 0.229 e. The summed E-state index contributed by atoms with van der Waals surface area (Å²) in [4.78, 5) is 20.0. The van der Waals surface area contributed by atoms with E-state index >= 15 is 0 Å². The van der Waals surface area contributed by atoms with Gasteiger partial charge in [-0.25, -0.2) is 4.98 Å². The van der Waals surface area contributed by atoms with Crippen LogP contribution in [0.4, 0.5) is 5.82 Å². The van der Waals surface area contributed by atoms with Crippen molar-refractivity contribution in [1.29, 1.82) is 0 Å². The molecular formula is C28H37N5O3. The molecule has 2 atom stereocenters. The fraction of sp³-hybridized carbons (Fsp3) is 0.464. The van der Waals surface area contributed by atoms with Gasteiger partial charge >= 0.3 is 0 Å². The Morgan fingerprint density at radius 3 is 2.53 bits per heavy atom.